The van der Waals surface area contributed by atoms with E-state index in [-0.39, 0.29) is 30.7 Å². The number of sulfonamides is 1. The number of halogens is 1. The van der Waals surface area contributed by atoms with Crippen LogP contribution in [-0.2, 0) is 27.0 Å². The number of para-hydroxylation sites is 1. The van der Waals surface area contributed by atoms with Crippen molar-refractivity contribution in [1.82, 2.24) is 20.3 Å². The Bertz CT molecular complexity index is 1740. The van der Waals surface area contributed by atoms with Gasteiger partial charge in [0.05, 0.1) is 35.9 Å². The number of rotatable bonds is 20. The van der Waals surface area contributed by atoms with Crippen molar-refractivity contribution in [2.24, 2.45) is 0 Å². The lowest BCUT2D eigenvalue weighted by molar-refractivity contribution is -0.113. The zero-order chi connectivity index (χ0) is 36.6. The van der Waals surface area contributed by atoms with Gasteiger partial charge in [0.25, 0.3) is 0 Å². The summed E-state index contributed by atoms with van der Waals surface area (Å²) < 4.78 is 41.5. The molecule has 5 rings (SSSR count). The lowest BCUT2D eigenvalue weighted by Crippen LogP contribution is -2.50. The lowest BCUT2D eigenvalue weighted by atomic mass is 9.96. The molecule has 278 valence electrons. The van der Waals surface area contributed by atoms with E-state index in [1.807, 2.05) is 36.5 Å². The maximum atomic E-state index is 13.1. The van der Waals surface area contributed by atoms with E-state index in [0.717, 1.165) is 48.1 Å². The molecule has 51 heavy (non-hydrogen) atoms. The number of unbranched alkanes of at least 4 members (excludes halogenated alkanes) is 1. The van der Waals surface area contributed by atoms with Crippen LogP contribution in [0.2, 0.25) is 5.02 Å². The van der Waals surface area contributed by atoms with E-state index in [2.05, 4.69) is 20.3 Å². The predicted octanol–water partition coefficient (Wildman–Crippen LogP) is 1.94. The SMILES string of the molecule is O=C(NCCCCNS(=O)(=O)c1ccc(Cl)c(COC2(c3cnccc3-c3ccccc3OC3CC3)CC2)c1)NCC(O)C(O)C(O)C(O)CO. The summed E-state index contributed by atoms with van der Waals surface area (Å²) in [6.45, 7) is -0.848. The van der Waals surface area contributed by atoms with Crippen molar-refractivity contribution >= 4 is 27.7 Å². The summed E-state index contributed by atoms with van der Waals surface area (Å²) in [4.78, 5) is 16.4. The molecular weight excluding hydrogens is 704 g/mol. The first-order valence-corrected chi connectivity index (χ1v) is 18.8. The van der Waals surface area contributed by atoms with Crippen molar-refractivity contribution in [3.63, 3.8) is 0 Å². The molecule has 1 heterocycles. The molecule has 0 aliphatic heterocycles. The van der Waals surface area contributed by atoms with Crippen LogP contribution >= 0.6 is 11.6 Å². The monoisotopic (exact) mass is 748 g/mol. The summed E-state index contributed by atoms with van der Waals surface area (Å²) in [5, 5.41) is 52.8. The summed E-state index contributed by atoms with van der Waals surface area (Å²) in [6, 6.07) is 13.7. The van der Waals surface area contributed by atoms with E-state index < -0.39 is 59.2 Å². The third kappa shape index (κ3) is 10.4. The normalized spacial score (nSPS) is 17.6. The average Bonchev–Trinajstić information content (AvgIpc) is 4.08. The van der Waals surface area contributed by atoms with Crippen molar-refractivity contribution in [3.8, 4) is 16.9 Å². The molecule has 0 saturated heterocycles. The molecule has 8 N–H and O–H groups in total. The van der Waals surface area contributed by atoms with E-state index in [4.69, 9.17) is 26.2 Å². The van der Waals surface area contributed by atoms with Crippen molar-refractivity contribution in [3.05, 3.63) is 77.1 Å². The predicted molar refractivity (Wildman–Crippen MR) is 187 cm³/mol. The molecule has 16 heteroatoms. The number of nitrogens with one attached hydrogen (secondary N) is 3. The molecule has 2 aliphatic carbocycles. The van der Waals surface area contributed by atoms with Gasteiger partial charge in [-0.2, -0.15) is 0 Å². The van der Waals surface area contributed by atoms with Gasteiger partial charge in [0.15, 0.2) is 0 Å². The van der Waals surface area contributed by atoms with Crippen LogP contribution in [-0.4, -0.2) is 102 Å². The number of carbonyl (C=O) groups excluding carboxylic acids is 1. The molecule has 2 aromatic carbocycles. The Hall–Kier alpha value is -3.38. The number of urea groups is 1. The number of aliphatic hydroxyl groups is 5. The highest BCUT2D eigenvalue weighted by atomic mass is 35.5. The van der Waals surface area contributed by atoms with E-state index in [1.165, 1.54) is 18.2 Å². The molecule has 2 saturated carbocycles. The molecule has 2 aliphatic rings. The number of amides is 2. The number of hydrogen-bond donors (Lipinski definition) is 8. The van der Waals surface area contributed by atoms with Gasteiger partial charge in [-0.15, -0.1) is 0 Å². The van der Waals surface area contributed by atoms with Gasteiger partial charge >= 0.3 is 6.03 Å². The van der Waals surface area contributed by atoms with Gasteiger partial charge in [-0.3, -0.25) is 4.98 Å². The van der Waals surface area contributed by atoms with Crippen LogP contribution in [0.1, 0.15) is 49.7 Å². The Kier molecular flexibility index (Phi) is 13.3. The number of benzene rings is 2. The molecule has 0 spiro atoms. The Labute approximate surface area is 301 Å². The Morgan fingerprint density at radius 1 is 0.961 bits per heavy atom. The molecule has 14 nitrogen and oxygen atoms in total. The number of hydrogen-bond acceptors (Lipinski definition) is 11. The molecule has 3 aromatic rings. The van der Waals surface area contributed by atoms with Crippen molar-refractivity contribution < 1.29 is 48.2 Å². The third-order valence-corrected chi connectivity index (χ3v) is 10.6. The largest absolute Gasteiger partial charge is 0.490 e. The molecule has 4 unspecified atom stereocenters. The minimum Gasteiger partial charge on any atom is -0.490 e. The first-order chi connectivity index (χ1) is 24.4. The quantitative estimate of drug-likeness (QED) is 0.0781. The second kappa shape index (κ2) is 17.4. The van der Waals surface area contributed by atoms with E-state index >= 15 is 0 Å². The first kappa shape index (κ1) is 38.8. The van der Waals surface area contributed by atoms with Crippen molar-refractivity contribution in [2.45, 2.75) is 86.1 Å². The maximum absolute atomic E-state index is 13.1. The number of aliphatic hydroxyl groups excluding tert-OH is 5. The van der Waals surface area contributed by atoms with E-state index in [1.54, 1.807) is 6.20 Å². The smallest absolute Gasteiger partial charge is 0.314 e. The minimum absolute atomic E-state index is 0.0402. The van der Waals surface area contributed by atoms with Crippen LogP contribution in [0, 0.1) is 0 Å². The van der Waals surface area contributed by atoms with Gasteiger partial charge < -0.3 is 45.6 Å². The highest BCUT2D eigenvalue weighted by Gasteiger charge is 2.48. The second-order valence-electron chi connectivity index (χ2n) is 12.8. The van der Waals surface area contributed by atoms with Gasteiger partial charge in [-0.05, 0) is 80.0 Å². The molecule has 2 amide bonds. The van der Waals surface area contributed by atoms with Crippen LogP contribution in [0.15, 0.2) is 65.8 Å². The molecule has 0 radical (unpaired) electrons. The van der Waals surface area contributed by atoms with Gasteiger partial charge in [0.1, 0.15) is 24.1 Å². The topological polar surface area (TPSA) is 220 Å². The Balaban J connectivity index is 1.10. The molecule has 1 aromatic heterocycles. The fourth-order valence-corrected chi connectivity index (χ4v) is 6.78. The Morgan fingerprint density at radius 3 is 2.41 bits per heavy atom. The molecule has 4 atom stereocenters. The zero-order valence-electron chi connectivity index (χ0n) is 27.9. The third-order valence-electron chi connectivity index (χ3n) is 8.82. The standard InChI is InChI=1S/C35H45ClN4O10S/c36-28-10-9-24(51(47,48)40-15-4-3-14-38-34(46)39-19-29(42)32(44)33(45)30(43)20-41)17-22(28)21-49-35(12-13-35)27-18-37-16-11-25(27)26-5-1-2-6-31(26)50-23-7-8-23/h1-2,5-6,9-11,16-18,23,29-30,32-33,40-45H,3-4,7-8,12-15,19-21H2,(H2,38,39,46). The van der Waals surface area contributed by atoms with Crippen LogP contribution in [0.3, 0.4) is 0 Å². The first-order valence-electron chi connectivity index (χ1n) is 16.9. The van der Waals surface area contributed by atoms with Crippen LogP contribution < -0.4 is 20.1 Å². The van der Waals surface area contributed by atoms with E-state index in [9.17, 15) is 33.6 Å². The van der Waals surface area contributed by atoms with Crippen molar-refractivity contribution in [2.75, 3.05) is 26.2 Å². The lowest BCUT2D eigenvalue weighted by Gasteiger charge is -2.25. The number of pyridine rings is 1. The van der Waals surface area contributed by atoms with Crippen LogP contribution in [0.4, 0.5) is 4.79 Å². The maximum Gasteiger partial charge on any atom is 0.314 e. The average molecular weight is 749 g/mol. The number of aromatic nitrogens is 1. The molecular formula is C35H45ClN4O10S. The number of ether oxygens (including phenoxy) is 2. The fourth-order valence-electron chi connectivity index (χ4n) is 5.49. The highest BCUT2D eigenvalue weighted by Crippen LogP contribution is 2.53. The van der Waals surface area contributed by atoms with Gasteiger partial charge in [0, 0.05) is 48.2 Å². The number of carbonyl (C=O) groups is 1. The Morgan fingerprint density at radius 2 is 1.69 bits per heavy atom. The summed E-state index contributed by atoms with van der Waals surface area (Å²) >= 11 is 6.50. The van der Waals surface area contributed by atoms with Gasteiger partial charge in [-0.1, -0.05) is 29.8 Å². The summed E-state index contributed by atoms with van der Waals surface area (Å²) in [5.41, 5.74) is 2.83. The zero-order valence-corrected chi connectivity index (χ0v) is 29.5. The van der Waals surface area contributed by atoms with Gasteiger partial charge in [0.2, 0.25) is 10.0 Å². The summed E-state index contributed by atoms with van der Waals surface area (Å²) in [7, 11) is -3.88. The summed E-state index contributed by atoms with van der Waals surface area (Å²) in [5.74, 6) is 0.822. The van der Waals surface area contributed by atoms with Crippen LogP contribution in [0.5, 0.6) is 5.75 Å². The van der Waals surface area contributed by atoms with Crippen molar-refractivity contribution in [1.29, 1.82) is 0 Å². The van der Waals surface area contributed by atoms with E-state index in [0.29, 0.717) is 23.4 Å². The minimum atomic E-state index is -3.88. The van der Waals surface area contributed by atoms with Crippen LogP contribution in [0.25, 0.3) is 11.1 Å². The second-order valence-corrected chi connectivity index (χ2v) is 15.0. The highest BCUT2D eigenvalue weighted by molar-refractivity contribution is 7.89. The fraction of sp³-hybridized carbons (Fsp3) is 0.486. The summed E-state index contributed by atoms with van der Waals surface area (Å²) in [6.07, 6.45) is 1.46. The molecule has 2 fully saturated rings. The molecule has 0 bridgehead atoms. The number of nitrogens with zero attached hydrogens (tertiary/aromatic N) is 1. The van der Waals surface area contributed by atoms with Gasteiger partial charge in [-0.25, -0.2) is 17.9 Å².